The van der Waals surface area contributed by atoms with Gasteiger partial charge in [-0.25, -0.2) is 8.42 Å². The average Bonchev–Trinajstić information content (AvgIpc) is 2.99. The van der Waals surface area contributed by atoms with Gasteiger partial charge in [0.1, 0.15) is 11.4 Å². The molecule has 2 aliphatic heterocycles. The summed E-state index contributed by atoms with van der Waals surface area (Å²) in [5.41, 5.74) is -2.39. The van der Waals surface area contributed by atoms with Crippen molar-refractivity contribution in [1.82, 2.24) is 4.72 Å². The number of rotatable bonds is 3. The molecular formula is C15H18F3NO4S. The molecule has 1 saturated heterocycles. The lowest BCUT2D eigenvalue weighted by atomic mass is 10.0. The predicted octanol–water partition coefficient (Wildman–Crippen LogP) is 2.40. The van der Waals surface area contributed by atoms with Crippen LogP contribution in [0.1, 0.15) is 25.8 Å². The Morgan fingerprint density at radius 3 is 2.54 bits per heavy atom. The van der Waals surface area contributed by atoms with E-state index in [1.54, 1.807) is 0 Å². The number of nitrogens with one attached hydrogen (secondary N) is 1. The Bertz CT molecular complexity index is 752. The van der Waals surface area contributed by atoms with Crippen LogP contribution in [0.3, 0.4) is 0 Å². The van der Waals surface area contributed by atoms with Crippen LogP contribution in [-0.4, -0.2) is 38.9 Å². The molecule has 1 aromatic rings. The number of hydrogen-bond acceptors (Lipinski definition) is 4. The highest BCUT2D eigenvalue weighted by molar-refractivity contribution is 7.89. The Kier molecular flexibility index (Phi) is 3.89. The topological polar surface area (TPSA) is 64.6 Å². The third-order valence-corrected chi connectivity index (χ3v) is 5.77. The van der Waals surface area contributed by atoms with Crippen LogP contribution in [0.25, 0.3) is 0 Å². The summed E-state index contributed by atoms with van der Waals surface area (Å²) in [7, 11) is -4.35. The maximum atomic E-state index is 13.4. The van der Waals surface area contributed by atoms with Crippen molar-refractivity contribution in [3.8, 4) is 5.75 Å². The van der Waals surface area contributed by atoms with E-state index in [0.717, 1.165) is 0 Å². The van der Waals surface area contributed by atoms with Crippen LogP contribution in [0.2, 0.25) is 0 Å². The molecule has 2 heterocycles. The fourth-order valence-corrected chi connectivity index (χ4v) is 4.45. The first kappa shape index (κ1) is 17.5. The summed E-state index contributed by atoms with van der Waals surface area (Å²) in [5, 5.41) is 0. The molecule has 1 aromatic carbocycles. The SMILES string of the molecule is CC1(C)Cc2cc(S(=O)(=O)NC3(C(F)(F)F)CCOC3)ccc2O1. The second-order valence-electron chi connectivity index (χ2n) is 6.80. The number of sulfonamides is 1. The molecule has 1 atom stereocenters. The molecule has 2 aliphatic rings. The zero-order valence-electron chi connectivity index (χ0n) is 13.2. The van der Waals surface area contributed by atoms with Crippen LogP contribution in [0.15, 0.2) is 23.1 Å². The second-order valence-corrected chi connectivity index (χ2v) is 8.48. The molecule has 0 spiro atoms. The lowest BCUT2D eigenvalue weighted by molar-refractivity contribution is -0.189. The standard InChI is InChI=1S/C15H18F3NO4S/c1-13(2)8-10-7-11(3-4-12(10)23-13)24(20,21)19-14(15(16,17)18)5-6-22-9-14/h3-4,7,19H,5-6,8-9H2,1-2H3. The average molecular weight is 365 g/mol. The summed E-state index contributed by atoms with van der Waals surface area (Å²) in [6.45, 7) is 2.84. The van der Waals surface area contributed by atoms with Gasteiger partial charge in [0.05, 0.1) is 11.5 Å². The summed E-state index contributed by atoms with van der Waals surface area (Å²) in [6.07, 6.45) is -4.70. The van der Waals surface area contributed by atoms with Gasteiger partial charge in [-0.3, -0.25) is 0 Å². The van der Waals surface area contributed by atoms with Crippen molar-refractivity contribution < 1.29 is 31.1 Å². The summed E-state index contributed by atoms with van der Waals surface area (Å²) in [5.74, 6) is 0.550. The van der Waals surface area contributed by atoms with Crippen LogP contribution in [0.5, 0.6) is 5.75 Å². The number of halogens is 3. The fourth-order valence-electron chi connectivity index (χ4n) is 3.00. The van der Waals surface area contributed by atoms with Crippen LogP contribution >= 0.6 is 0 Å². The molecule has 0 aliphatic carbocycles. The fraction of sp³-hybridized carbons (Fsp3) is 0.600. The molecular weight excluding hydrogens is 347 g/mol. The van der Waals surface area contributed by atoms with Crippen LogP contribution in [0.4, 0.5) is 13.2 Å². The van der Waals surface area contributed by atoms with Crippen molar-refractivity contribution in [1.29, 1.82) is 0 Å². The molecule has 0 aromatic heterocycles. The Morgan fingerprint density at radius 2 is 1.96 bits per heavy atom. The smallest absolute Gasteiger partial charge is 0.409 e. The third-order valence-electron chi connectivity index (χ3n) is 4.24. The third kappa shape index (κ3) is 3.00. The van der Waals surface area contributed by atoms with Gasteiger partial charge in [-0.15, -0.1) is 0 Å². The van der Waals surface area contributed by atoms with Crippen molar-refractivity contribution >= 4 is 10.0 Å². The van der Waals surface area contributed by atoms with Crippen molar-refractivity contribution in [2.45, 2.75) is 48.9 Å². The highest BCUT2D eigenvalue weighted by atomic mass is 32.2. The van der Waals surface area contributed by atoms with Crippen molar-refractivity contribution in [3.63, 3.8) is 0 Å². The Morgan fingerprint density at radius 1 is 1.25 bits per heavy atom. The zero-order chi connectivity index (χ0) is 17.8. The van der Waals surface area contributed by atoms with Crippen LogP contribution in [-0.2, 0) is 21.2 Å². The van der Waals surface area contributed by atoms with Gasteiger partial charge in [-0.1, -0.05) is 0 Å². The first-order valence-electron chi connectivity index (χ1n) is 7.45. The lowest BCUT2D eigenvalue weighted by Crippen LogP contribution is -2.59. The summed E-state index contributed by atoms with van der Waals surface area (Å²) >= 11 is 0. The molecule has 0 radical (unpaired) electrons. The summed E-state index contributed by atoms with van der Waals surface area (Å²) in [4.78, 5) is -0.210. The molecule has 1 N–H and O–H groups in total. The Labute approximate surface area is 138 Å². The van der Waals surface area contributed by atoms with E-state index in [4.69, 9.17) is 9.47 Å². The molecule has 0 saturated carbocycles. The molecule has 0 bridgehead atoms. The van der Waals surface area contributed by atoms with E-state index in [9.17, 15) is 21.6 Å². The van der Waals surface area contributed by atoms with Gasteiger partial charge in [0, 0.05) is 19.4 Å². The number of fused-ring (bicyclic) bond motifs is 1. The molecule has 0 amide bonds. The highest BCUT2D eigenvalue weighted by Gasteiger charge is 2.59. The molecule has 134 valence electrons. The number of hydrogen-bond donors (Lipinski definition) is 1. The van der Waals surface area contributed by atoms with E-state index in [2.05, 4.69) is 0 Å². The number of ether oxygens (including phenoxy) is 2. The Hall–Kier alpha value is -1.32. The lowest BCUT2D eigenvalue weighted by Gasteiger charge is -2.30. The van der Waals surface area contributed by atoms with E-state index in [-0.39, 0.29) is 11.5 Å². The first-order chi connectivity index (χ1) is 10.9. The molecule has 24 heavy (non-hydrogen) atoms. The minimum absolute atomic E-state index is 0.145. The highest BCUT2D eigenvalue weighted by Crippen LogP contribution is 2.39. The first-order valence-corrected chi connectivity index (χ1v) is 8.93. The van der Waals surface area contributed by atoms with Gasteiger partial charge < -0.3 is 9.47 Å². The van der Waals surface area contributed by atoms with Crippen LogP contribution in [0, 0.1) is 0 Å². The van der Waals surface area contributed by atoms with E-state index < -0.39 is 40.4 Å². The monoisotopic (exact) mass is 365 g/mol. The second kappa shape index (κ2) is 5.34. The largest absolute Gasteiger partial charge is 0.487 e. The summed E-state index contributed by atoms with van der Waals surface area (Å²) in [6, 6.07) is 4.10. The minimum Gasteiger partial charge on any atom is -0.487 e. The van der Waals surface area contributed by atoms with Gasteiger partial charge in [0.25, 0.3) is 0 Å². The molecule has 9 heteroatoms. The van der Waals surface area contributed by atoms with E-state index in [1.165, 1.54) is 18.2 Å². The number of benzene rings is 1. The quantitative estimate of drug-likeness (QED) is 0.893. The maximum Gasteiger partial charge on any atom is 0.409 e. The molecule has 5 nitrogen and oxygen atoms in total. The Balaban J connectivity index is 1.92. The van der Waals surface area contributed by atoms with Gasteiger partial charge in [-0.05, 0) is 37.6 Å². The van der Waals surface area contributed by atoms with E-state index in [1.807, 2.05) is 18.6 Å². The van der Waals surface area contributed by atoms with E-state index in [0.29, 0.717) is 17.7 Å². The normalized spacial score (nSPS) is 26.2. The van der Waals surface area contributed by atoms with Crippen LogP contribution < -0.4 is 9.46 Å². The zero-order valence-corrected chi connectivity index (χ0v) is 14.1. The van der Waals surface area contributed by atoms with Gasteiger partial charge >= 0.3 is 6.18 Å². The minimum atomic E-state index is -4.74. The maximum absolute atomic E-state index is 13.4. The molecule has 3 rings (SSSR count). The van der Waals surface area contributed by atoms with Gasteiger partial charge in [0.15, 0.2) is 5.54 Å². The van der Waals surface area contributed by atoms with Gasteiger partial charge in [0.2, 0.25) is 10.0 Å². The van der Waals surface area contributed by atoms with Crippen molar-refractivity contribution in [3.05, 3.63) is 23.8 Å². The predicted molar refractivity (Wildman–Crippen MR) is 79.4 cm³/mol. The van der Waals surface area contributed by atoms with Crippen molar-refractivity contribution in [2.75, 3.05) is 13.2 Å². The number of alkyl halides is 3. The van der Waals surface area contributed by atoms with E-state index >= 15 is 0 Å². The van der Waals surface area contributed by atoms with Crippen molar-refractivity contribution in [2.24, 2.45) is 0 Å². The molecule has 1 unspecified atom stereocenters. The molecule has 1 fully saturated rings. The summed E-state index contributed by atoms with van der Waals surface area (Å²) < 4.78 is 77.3. The van der Waals surface area contributed by atoms with Gasteiger partial charge in [-0.2, -0.15) is 17.9 Å².